The van der Waals surface area contributed by atoms with E-state index in [0.29, 0.717) is 0 Å². The summed E-state index contributed by atoms with van der Waals surface area (Å²) >= 11 is 0. The second kappa shape index (κ2) is 12.8. The van der Waals surface area contributed by atoms with Gasteiger partial charge >= 0.3 is 0 Å². The molecule has 0 saturated heterocycles. The van der Waals surface area contributed by atoms with E-state index in [2.05, 4.69) is 32.9 Å². The first-order valence-corrected chi connectivity index (χ1v) is 7.47. The molecule has 0 amide bonds. The van der Waals surface area contributed by atoms with Crippen molar-refractivity contribution >= 4 is 0 Å². The van der Waals surface area contributed by atoms with Crippen molar-refractivity contribution in [3.63, 3.8) is 0 Å². The molecule has 0 aliphatic rings. The fourth-order valence-corrected chi connectivity index (χ4v) is 1.86. The first kappa shape index (κ1) is 15.7. The lowest BCUT2D eigenvalue weighted by molar-refractivity contribution is 0.577. The summed E-state index contributed by atoms with van der Waals surface area (Å²) in [6.45, 7) is 6.83. The maximum atomic E-state index is 2.38. The Labute approximate surface area is 104 Å². The van der Waals surface area contributed by atoms with Gasteiger partial charge in [-0.2, -0.15) is 0 Å². The van der Waals surface area contributed by atoms with Crippen molar-refractivity contribution in [2.45, 2.75) is 85.0 Å². The molecule has 0 fully saturated rings. The highest BCUT2D eigenvalue weighted by Crippen LogP contribution is 2.10. The van der Waals surface area contributed by atoms with Gasteiger partial charge in [-0.3, -0.25) is 0 Å². The van der Waals surface area contributed by atoms with E-state index in [1.807, 2.05) is 0 Å². The zero-order chi connectivity index (χ0) is 12.1. The van der Waals surface area contributed by atoms with E-state index in [0.717, 1.165) is 5.92 Å². The second-order valence-corrected chi connectivity index (χ2v) is 5.08. The quantitative estimate of drug-likeness (QED) is 0.293. The van der Waals surface area contributed by atoms with Crippen molar-refractivity contribution in [1.82, 2.24) is 0 Å². The molecule has 0 bridgehead atoms. The van der Waals surface area contributed by atoms with Crippen LogP contribution < -0.4 is 0 Å². The van der Waals surface area contributed by atoms with Crippen molar-refractivity contribution < 1.29 is 0 Å². The van der Waals surface area contributed by atoms with Gasteiger partial charge in [0.2, 0.25) is 0 Å². The normalized spacial score (nSPS) is 13.4. The van der Waals surface area contributed by atoms with Gasteiger partial charge in [-0.05, 0) is 18.8 Å². The Morgan fingerprint density at radius 3 is 1.94 bits per heavy atom. The highest BCUT2D eigenvalue weighted by atomic mass is 14.0. The van der Waals surface area contributed by atoms with Gasteiger partial charge in [-0.25, -0.2) is 0 Å². The lowest BCUT2D eigenvalue weighted by Crippen LogP contribution is -1.84. The molecular formula is C16H32. The Morgan fingerprint density at radius 2 is 1.38 bits per heavy atom. The van der Waals surface area contributed by atoms with E-state index in [1.54, 1.807) is 0 Å². The van der Waals surface area contributed by atoms with Crippen LogP contribution in [0.2, 0.25) is 0 Å². The minimum Gasteiger partial charge on any atom is -0.0883 e. The topological polar surface area (TPSA) is 0 Å². The van der Waals surface area contributed by atoms with Crippen LogP contribution in [0.1, 0.15) is 85.0 Å². The van der Waals surface area contributed by atoms with Gasteiger partial charge in [0.1, 0.15) is 0 Å². The number of unbranched alkanes of at least 4 members (excludes halogenated alkanes) is 8. The number of hydrogen-bond acceptors (Lipinski definition) is 0. The Balaban J connectivity index is 3.06. The molecule has 0 N–H and O–H groups in total. The molecule has 0 aliphatic heterocycles. The highest BCUT2D eigenvalue weighted by molar-refractivity contribution is 4.85. The molecule has 0 spiro atoms. The third-order valence-corrected chi connectivity index (χ3v) is 3.33. The van der Waals surface area contributed by atoms with Gasteiger partial charge in [0.05, 0.1) is 0 Å². The van der Waals surface area contributed by atoms with Crippen LogP contribution in [-0.4, -0.2) is 0 Å². The largest absolute Gasteiger partial charge is 0.0883 e. The van der Waals surface area contributed by atoms with Crippen LogP contribution in [0.4, 0.5) is 0 Å². The lowest BCUT2D eigenvalue weighted by atomic mass is 10.1. The average molecular weight is 224 g/mol. The molecule has 1 unspecified atom stereocenters. The Kier molecular flexibility index (Phi) is 12.6. The standard InChI is InChI=1S/C16H32/c1-4-6-7-8-9-10-11-12-13-14-15-16(3)5-2/h14-16H,4-13H2,1-3H3/b15-14+. The van der Waals surface area contributed by atoms with Gasteiger partial charge in [-0.15, -0.1) is 0 Å². The minimum atomic E-state index is 0.772. The summed E-state index contributed by atoms with van der Waals surface area (Å²) in [6.07, 6.45) is 18.7. The van der Waals surface area contributed by atoms with E-state index in [9.17, 15) is 0 Å². The van der Waals surface area contributed by atoms with E-state index >= 15 is 0 Å². The molecule has 96 valence electrons. The lowest BCUT2D eigenvalue weighted by Gasteiger charge is -2.01. The van der Waals surface area contributed by atoms with Crippen LogP contribution in [0.5, 0.6) is 0 Å². The molecule has 0 nitrogen and oxygen atoms in total. The Hall–Kier alpha value is -0.260. The monoisotopic (exact) mass is 224 g/mol. The van der Waals surface area contributed by atoms with Gasteiger partial charge in [-0.1, -0.05) is 84.3 Å². The van der Waals surface area contributed by atoms with Crippen molar-refractivity contribution in [3.05, 3.63) is 12.2 Å². The average Bonchev–Trinajstić information content (AvgIpc) is 2.31. The summed E-state index contributed by atoms with van der Waals surface area (Å²) in [5.41, 5.74) is 0. The molecular weight excluding hydrogens is 192 g/mol. The van der Waals surface area contributed by atoms with Crippen molar-refractivity contribution in [3.8, 4) is 0 Å². The summed E-state index contributed by atoms with van der Waals surface area (Å²) in [5.74, 6) is 0.772. The van der Waals surface area contributed by atoms with Crippen LogP contribution in [0.3, 0.4) is 0 Å². The van der Waals surface area contributed by atoms with Gasteiger partial charge in [0.25, 0.3) is 0 Å². The highest BCUT2D eigenvalue weighted by Gasteiger charge is 1.92. The molecule has 0 aliphatic carbocycles. The predicted molar refractivity (Wildman–Crippen MR) is 75.8 cm³/mol. The molecule has 0 saturated carbocycles. The summed E-state index contributed by atoms with van der Waals surface area (Å²) in [4.78, 5) is 0. The van der Waals surface area contributed by atoms with E-state index < -0.39 is 0 Å². The third kappa shape index (κ3) is 11.8. The van der Waals surface area contributed by atoms with E-state index in [1.165, 1.54) is 64.2 Å². The predicted octanol–water partition coefficient (Wildman–Crippen LogP) is 6.12. The van der Waals surface area contributed by atoms with Crippen LogP contribution in [0.25, 0.3) is 0 Å². The Morgan fingerprint density at radius 1 is 0.812 bits per heavy atom. The summed E-state index contributed by atoms with van der Waals surface area (Å²) in [7, 11) is 0. The van der Waals surface area contributed by atoms with Crippen LogP contribution in [-0.2, 0) is 0 Å². The number of rotatable bonds is 11. The summed E-state index contributed by atoms with van der Waals surface area (Å²) in [6, 6.07) is 0. The molecule has 1 atom stereocenters. The molecule has 0 aromatic rings. The summed E-state index contributed by atoms with van der Waals surface area (Å²) in [5, 5.41) is 0. The van der Waals surface area contributed by atoms with Crippen molar-refractivity contribution in [1.29, 1.82) is 0 Å². The van der Waals surface area contributed by atoms with Crippen molar-refractivity contribution in [2.24, 2.45) is 5.92 Å². The molecule has 0 heterocycles. The van der Waals surface area contributed by atoms with Crippen LogP contribution in [0, 0.1) is 5.92 Å². The molecule has 0 radical (unpaired) electrons. The molecule has 0 heteroatoms. The third-order valence-electron chi connectivity index (χ3n) is 3.33. The minimum absolute atomic E-state index is 0.772. The van der Waals surface area contributed by atoms with E-state index in [4.69, 9.17) is 0 Å². The maximum absolute atomic E-state index is 2.38. The molecule has 0 rings (SSSR count). The first-order valence-electron chi connectivity index (χ1n) is 7.47. The van der Waals surface area contributed by atoms with Crippen molar-refractivity contribution in [2.75, 3.05) is 0 Å². The fourth-order valence-electron chi connectivity index (χ4n) is 1.86. The van der Waals surface area contributed by atoms with E-state index in [-0.39, 0.29) is 0 Å². The van der Waals surface area contributed by atoms with Gasteiger partial charge < -0.3 is 0 Å². The smallest absolute Gasteiger partial charge is 0.0265 e. The Bertz CT molecular complexity index is 146. The fraction of sp³-hybridized carbons (Fsp3) is 0.875. The van der Waals surface area contributed by atoms with Gasteiger partial charge in [0.15, 0.2) is 0 Å². The SMILES string of the molecule is CCCCCCCCCC/C=C/C(C)CC. The van der Waals surface area contributed by atoms with Crippen LogP contribution >= 0.6 is 0 Å². The maximum Gasteiger partial charge on any atom is -0.0265 e. The number of allylic oxidation sites excluding steroid dienone is 2. The molecule has 0 aromatic carbocycles. The molecule has 0 aromatic heterocycles. The van der Waals surface area contributed by atoms with Crippen LogP contribution in [0.15, 0.2) is 12.2 Å². The zero-order valence-electron chi connectivity index (χ0n) is 11.8. The summed E-state index contributed by atoms with van der Waals surface area (Å²) < 4.78 is 0. The first-order chi connectivity index (χ1) is 7.81. The van der Waals surface area contributed by atoms with Gasteiger partial charge in [0, 0.05) is 0 Å². The molecule has 16 heavy (non-hydrogen) atoms. The second-order valence-electron chi connectivity index (χ2n) is 5.08. The number of hydrogen-bond donors (Lipinski definition) is 0. The zero-order valence-corrected chi connectivity index (χ0v) is 11.8.